The maximum Gasteiger partial charge on any atom is 0.246 e. The first-order valence-corrected chi connectivity index (χ1v) is 5.26. The van der Waals surface area contributed by atoms with Gasteiger partial charge in [-0.15, -0.1) is 0 Å². The van der Waals surface area contributed by atoms with E-state index in [0.29, 0.717) is 19.8 Å². The van der Waals surface area contributed by atoms with E-state index < -0.39 is 0 Å². The van der Waals surface area contributed by atoms with E-state index in [4.69, 9.17) is 13.9 Å². The lowest BCUT2D eigenvalue weighted by Gasteiger charge is -2.04. The number of unbranched alkanes of at least 4 members (excludes halogenated alkanes) is 1. The highest BCUT2D eigenvalue weighted by molar-refractivity contribution is 5.97. The van der Waals surface area contributed by atoms with E-state index in [2.05, 4.69) is 17.4 Å². The zero-order valence-corrected chi connectivity index (χ0v) is 9.38. The van der Waals surface area contributed by atoms with Gasteiger partial charge in [0.25, 0.3) is 0 Å². The van der Waals surface area contributed by atoms with Gasteiger partial charge in [-0.3, -0.25) is 0 Å². The van der Waals surface area contributed by atoms with Gasteiger partial charge in [-0.25, -0.2) is 0 Å². The fourth-order valence-corrected chi connectivity index (χ4v) is 0.946. The maximum absolute atomic E-state index is 5.31. The molecule has 0 aromatic heterocycles. The molecule has 0 aromatic rings. The lowest BCUT2D eigenvalue weighted by atomic mass is 10.4. The molecule has 0 N–H and O–H groups in total. The van der Waals surface area contributed by atoms with Crippen LogP contribution in [0.5, 0.6) is 0 Å². The average Bonchev–Trinajstić information content (AvgIpc) is 2.16. The zero-order chi connectivity index (χ0) is 9.78. The molecule has 0 saturated carbocycles. The molecule has 0 rings (SSSR count). The van der Waals surface area contributed by atoms with Gasteiger partial charge < -0.3 is 13.9 Å². The van der Waals surface area contributed by atoms with E-state index in [1.165, 1.54) is 6.42 Å². The lowest BCUT2D eigenvalue weighted by Crippen LogP contribution is -2.07. The minimum atomic E-state index is 0.686. The predicted octanol–water partition coefficient (Wildman–Crippen LogP) is 1.31. The van der Waals surface area contributed by atoms with Crippen molar-refractivity contribution in [2.45, 2.75) is 26.2 Å². The van der Waals surface area contributed by atoms with Gasteiger partial charge in [0, 0.05) is 19.8 Å². The van der Waals surface area contributed by atoms with Crippen molar-refractivity contribution >= 4 is 10.5 Å². The summed E-state index contributed by atoms with van der Waals surface area (Å²) >= 11 is 0. The maximum atomic E-state index is 5.31. The Morgan fingerprint density at radius 2 is 1.46 bits per heavy atom. The van der Waals surface area contributed by atoms with E-state index in [1.54, 1.807) is 0 Å². The minimum absolute atomic E-state index is 0.686. The first-order chi connectivity index (χ1) is 6.41. The third-order valence-electron chi connectivity index (χ3n) is 1.55. The number of hydrogen-bond donors (Lipinski definition) is 0. The van der Waals surface area contributed by atoms with Crippen LogP contribution in [0.1, 0.15) is 26.2 Å². The lowest BCUT2D eigenvalue weighted by molar-refractivity contribution is 0.0429. The van der Waals surface area contributed by atoms with Crippen LogP contribution in [0, 0.1) is 0 Å². The van der Waals surface area contributed by atoms with Crippen molar-refractivity contribution < 1.29 is 13.9 Å². The van der Waals surface area contributed by atoms with E-state index in [9.17, 15) is 0 Å². The van der Waals surface area contributed by atoms with Crippen LogP contribution >= 0.6 is 0 Å². The Morgan fingerprint density at radius 1 is 0.846 bits per heavy atom. The summed E-state index contributed by atoms with van der Waals surface area (Å²) in [5.41, 5.74) is 0. The molecule has 3 nitrogen and oxygen atoms in total. The molecule has 4 heteroatoms. The molecule has 0 fully saturated rings. The molecular formula is C9H19O3Si. The minimum Gasteiger partial charge on any atom is -0.419 e. The molecule has 0 amide bonds. The Hall–Kier alpha value is 0.0969. The average molecular weight is 203 g/mol. The smallest absolute Gasteiger partial charge is 0.246 e. The Kier molecular flexibility index (Phi) is 12.2. The first-order valence-electron chi connectivity index (χ1n) is 4.85. The highest BCUT2D eigenvalue weighted by Gasteiger charge is 1.89. The van der Waals surface area contributed by atoms with E-state index in [0.717, 1.165) is 26.1 Å². The highest BCUT2D eigenvalue weighted by Crippen LogP contribution is 1.88. The fourth-order valence-electron chi connectivity index (χ4n) is 0.802. The summed E-state index contributed by atoms with van der Waals surface area (Å²) in [6.07, 6.45) is 3.24. The zero-order valence-electron chi connectivity index (χ0n) is 8.38. The summed E-state index contributed by atoms with van der Waals surface area (Å²) in [5.74, 6) is 0. The van der Waals surface area contributed by atoms with Crippen molar-refractivity contribution in [1.82, 2.24) is 0 Å². The Morgan fingerprint density at radius 3 is 2.00 bits per heavy atom. The summed E-state index contributed by atoms with van der Waals surface area (Å²) in [5, 5.41) is 0. The van der Waals surface area contributed by atoms with E-state index in [-0.39, 0.29) is 0 Å². The fraction of sp³-hybridized carbons (Fsp3) is 1.00. The van der Waals surface area contributed by atoms with Crippen molar-refractivity contribution in [3.8, 4) is 0 Å². The van der Waals surface area contributed by atoms with Crippen LogP contribution in [-0.4, -0.2) is 43.5 Å². The number of hydrogen-bond acceptors (Lipinski definition) is 3. The largest absolute Gasteiger partial charge is 0.419 e. The van der Waals surface area contributed by atoms with Gasteiger partial charge in [-0.2, -0.15) is 0 Å². The molecule has 0 atom stereocenters. The number of rotatable bonds is 10. The normalized spacial score (nSPS) is 10.6. The summed E-state index contributed by atoms with van der Waals surface area (Å²) in [6, 6.07) is 0. The molecule has 0 bridgehead atoms. The van der Waals surface area contributed by atoms with E-state index >= 15 is 0 Å². The summed E-state index contributed by atoms with van der Waals surface area (Å²) in [6.45, 7) is 5.82. The molecule has 0 aliphatic rings. The standard InChI is InChI=1S/C9H19O3Si/c1-2-3-5-10-8-9-11-6-4-7-12-13/h2-9H2,1H3. The van der Waals surface area contributed by atoms with Crippen molar-refractivity contribution in [1.29, 1.82) is 0 Å². The molecule has 3 radical (unpaired) electrons. The van der Waals surface area contributed by atoms with Gasteiger partial charge in [-0.1, -0.05) is 13.3 Å². The van der Waals surface area contributed by atoms with Gasteiger partial charge in [-0.05, 0) is 12.8 Å². The van der Waals surface area contributed by atoms with Crippen molar-refractivity contribution in [2.24, 2.45) is 0 Å². The van der Waals surface area contributed by atoms with Gasteiger partial charge in [0.2, 0.25) is 10.5 Å². The SMILES string of the molecule is CCCCOCCOCCCO[Si]. The molecule has 0 aliphatic carbocycles. The van der Waals surface area contributed by atoms with Crippen LogP contribution in [0.2, 0.25) is 0 Å². The van der Waals surface area contributed by atoms with Gasteiger partial charge in [0.05, 0.1) is 13.2 Å². The first kappa shape index (κ1) is 13.1. The summed E-state index contributed by atoms with van der Waals surface area (Å²) in [4.78, 5) is 0. The van der Waals surface area contributed by atoms with Gasteiger partial charge in [0.15, 0.2) is 0 Å². The molecule has 0 aliphatic heterocycles. The quantitative estimate of drug-likeness (QED) is 0.396. The topological polar surface area (TPSA) is 27.7 Å². The second kappa shape index (κ2) is 12.1. The van der Waals surface area contributed by atoms with Crippen LogP contribution in [0.25, 0.3) is 0 Å². The third kappa shape index (κ3) is 12.1. The van der Waals surface area contributed by atoms with E-state index in [1.807, 2.05) is 0 Å². The van der Waals surface area contributed by atoms with Gasteiger partial charge >= 0.3 is 0 Å². The molecular weight excluding hydrogens is 184 g/mol. The second-order valence-electron chi connectivity index (χ2n) is 2.78. The Balaban J connectivity index is 2.76. The van der Waals surface area contributed by atoms with Crippen LogP contribution in [0.4, 0.5) is 0 Å². The summed E-state index contributed by atoms with van der Waals surface area (Å²) < 4.78 is 15.3. The molecule has 0 spiro atoms. The van der Waals surface area contributed by atoms with Crippen molar-refractivity contribution in [3.05, 3.63) is 0 Å². The molecule has 77 valence electrons. The monoisotopic (exact) mass is 203 g/mol. The highest BCUT2D eigenvalue weighted by atomic mass is 28.2. The molecule has 13 heavy (non-hydrogen) atoms. The second-order valence-corrected chi connectivity index (χ2v) is 3.07. The van der Waals surface area contributed by atoms with Crippen LogP contribution in [0.15, 0.2) is 0 Å². The predicted molar refractivity (Wildman–Crippen MR) is 52.9 cm³/mol. The van der Waals surface area contributed by atoms with Gasteiger partial charge in [0.1, 0.15) is 0 Å². The summed E-state index contributed by atoms with van der Waals surface area (Å²) in [7, 11) is 2.92. The number of ether oxygens (including phenoxy) is 2. The molecule has 0 aromatic carbocycles. The molecule has 0 saturated heterocycles. The molecule has 0 unspecified atom stereocenters. The molecule has 0 heterocycles. The van der Waals surface area contributed by atoms with Crippen LogP contribution < -0.4 is 0 Å². The van der Waals surface area contributed by atoms with Crippen LogP contribution in [0.3, 0.4) is 0 Å². The van der Waals surface area contributed by atoms with Crippen LogP contribution in [-0.2, 0) is 13.9 Å². The van der Waals surface area contributed by atoms with Crippen molar-refractivity contribution in [3.63, 3.8) is 0 Å². The third-order valence-corrected chi connectivity index (χ3v) is 1.75. The Bertz CT molecular complexity index is 80.9. The Labute approximate surface area is 84.3 Å². The van der Waals surface area contributed by atoms with Crippen molar-refractivity contribution in [2.75, 3.05) is 33.0 Å².